The van der Waals surface area contributed by atoms with Gasteiger partial charge in [-0.25, -0.2) is 0 Å². The van der Waals surface area contributed by atoms with Crippen LogP contribution in [0.25, 0.3) is 11.4 Å². The van der Waals surface area contributed by atoms with Crippen LogP contribution in [0.5, 0.6) is 17.2 Å². The number of likely N-dealkylation sites (tertiary alicyclic amines) is 1. The number of aryl methyl sites for hydroxylation is 1. The number of aromatic nitrogens is 2. The average molecular weight is 533 g/mol. The van der Waals surface area contributed by atoms with Crippen molar-refractivity contribution >= 4 is 23.2 Å². The Morgan fingerprint density at radius 1 is 1.11 bits per heavy atom. The fraction of sp³-hybridized carbons (Fsp3) is 0.276. The van der Waals surface area contributed by atoms with Gasteiger partial charge in [-0.3, -0.25) is 9.69 Å². The van der Waals surface area contributed by atoms with Crippen LogP contribution in [0, 0.1) is 12.8 Å². The Balaban J connectivity index is 1.25. The molecule has 1 N–H and O–H groups in total. The zero-order chi connectivity index (χ0) is 26.5. The molecule has 1 atom stereocenters. The molecule has 0 saturated carbocycles. The van der Waals surface area contributed by atoms with Gasteiger partial charge in [-0.1, -0.05) is 53.2 Å². The minimum absolute atomic E-state index is 0.0898. The van der Waals surface area contributed by atoms with Crippen LogP contribution in [0.4, 0.5) is 5.69 Å². The molecule has 9 heteroatoms. The maximum absolute atomic E-state index is 13.3. The third kappa shape index (κ3) is 5.98. The van der Waals surface area contributed by atoms with Gasteiger partial charge >= 0.3 is 0 Å². The number of piperidine rings is 1. The van der Waals surface area contributed by atoms with Crippen molar-refractivity contribution in [3.63, 3.8) is 0 Å². The summed E-state index contributed by atoms with van der Waals surface area (Å²) in [6.07, 6.45) is 1.67. The molecular weight excluding hydrogens is 504 g/mol. The van der Waals surface area contributed by atoms with E-state index >= 15 is 0 Å². The van der Waals surface area contributed by atoms with Crippen molar-refractivity contribution < 1.29 is 18.8 Å². The van der Waals surface area contributed by atoms with Crippen LogP contribution < -0.4 is 14.8 Å². The lowest BCUT2D eigenvalue weighted by atomic mass is 9.97. The van der Waals surface area contributed by atoms with Gasteiger partial charge < -0.3 is 19.3 Å². The number of nitrogens with zero attached hydrogens (tertiary/aromatic N) is 3. The minimum atomic E-state index is -0.208. The van der Waals surface area contributed by atoms with Gasteiger partial charge in [0.25, 0.3) is 0 Å². The predicted octanol–water partition coefficient (Wildman–Crippen LogP) is 6.35. The molecule has 0 bridgehead atoms. The number of hydrogen-bond donors (Lipinski definition) is 1. The molecule has 5 rings (SSSR count). The maximum Gasteiger partial charge on any atom is 0.241 e. The predicted molar refractivity (Wildman–Crippen MR) is 146 cm³/mol. The van der Waals surface area contributed by atoms with Crippen molar-refractivity contribution in [3.05, 3.63) is 83.2 Å². The van der Waals surface area contributed by atoms with E-state index in [1.165, 1.54) is 0 Å². The number of nitrogens with one attached hydrogen (secondary N) is 1. The lowest BCUT2D eigenvalue weighted by Gasteiger charge is -2.31. The molecular formula is C29H29ClN4O4. The third-order valence-corrected chi connectivity index (χ3v) is 6.81. The molecule has 1 aliphatic rings. The normalized spacial score (nSPS) is 15.7. The Morgan fingerprint density at radius 3 is 2.71 bits per heavy atom. The molecule has 0 aliphatic carbocycles. The second-order valence-corrected chi connectivity index (χ2v) is 9.72. The van der Waals surface area contributed by atoms with Crippen LogP contribution in [0.3, 0.4) is 0 Å². The first-order valence-corrected chi connectivity index (χ1v) is 12.9. The van der Waals surface area contributed by atoms with Crippen LogP contribution in [-0.4, -0.2) is 41.1 Å². The van der Waals surface area contributed by atoms with Gasteiger partial charge in [0, 0.05) is 17.1 Å². The number of carbonyl (C=O) groups excluding carboxylic acids is 1. The Kier molecular flexibility index (Phi) is 7.91. The number of anilines is 1. The largest absolute Gasteiger partial charge is 0.493 e. The van der Waals surface area contributed by atoms with Crippen LogP contribution in [0.2, 0.25) is 5.02 Å². The zero-order valence-electron chi connectivity index (χ0n) is 21.3. The van der Waals surface area contributed by atoms with Gasteiger partial charge in [-0.2, -0.15) is 4.98 Å². The highest BCUT2D eigenvalue weighted by molar-refractivity contribution is 6.31. The topological polar surface area (TPSA) is 89.7 Å². The average Bonchev–Trinajstić information content (AvgIpc) is 3.39. The van der Waals surface area contributed by atoms with Crippen LogP contribution in [0.15, 0.2) is 71.3 Å². The number of para-hydroxylation sites is 2. The summed E-state index contributed by atoms with van der Waals surface area (Å²) in [5.41, 5.74) is 2.54. The minimum Gasteiger partial charge on any atom is -0.493 e. The van der Waals surface area contributed by atoms with E-state index < -0.39 is 0 Å². The van der Waals surface area contributed by atoms with Gasteiger partial charge in [-0.05, 0) is 62.2 Å². The molecule has 1 unspecified atom stereocenters. The first kappa shape index (κ1) is 25.8. The van der Waals surface area contributed by atoms with Crippen molar-refractivity contribution in [3.8, 4) is 28.6 Å². The summed E-state index contributed by atoms with van der Waals surface area (Å²) in [5, 5.41) is 7.69. The third-order valence-electron chi connectivity index (χ3n) is 6.58. The first-order chi connectivity index (χ1) is 18.5. The van der Waals surface area contributed by atoms with E-state index in [4.69, 9.17) is 25.6 Å². The highest BCUT2D eigenvalue weighted by Gasteiger charge is 2.28. The smallest absolute Gasteiger partial charge is 0.241 e. The number of hydrogen-bond acceptors (Lipinski definition) is 7. The molecule has 8 nitrogen and oxygen atoms in total. The van der Waals surface area contributed by atoms with E-state index in [0.717, 1.165) is 30.5 Å². The summed E-state index contributed by atoms with van der Waals surface area (Å²) >= 11 is 6.25. The van der Waals surface area contributed by atoms with Crippen LogP contribution >= 0.6 is 11.6 Å². The van der Waals surface area contributed by atoms with Gasteiger partial charge in [0.1, 0.15) is 0 Å². The van der Waals surface area contributed by atoms with Crippen molar-refractivity contribution in [1.29, 1.82) is 0 Å². The summed E-state index contributed by atoms with van der Waals surface area (Å²) < 4.78 is 17.0. The number of amides is 1. The molecule has 38 heavy (non-hydrogen) atoms. The zero-order valence-corrected chi connectivity index (χ0v) is 22.1. The van der Waals surface area contributed by atoms with Gasteiger partial charge in [0.05, 0.1) is 25.3 Å². The first-order valence-electron chi connectivity index (χ1n) is 12.5. The summed E-state index contributed by atoms with van der Waals surface area (Å²) in [6.45, 7) is 3.94. The standard InChI is InChI=1S/C29H29ClN4O4/c1-19-8-3-4-10-22(19)28-32-27(38-33-28)18-34-15-7-9-20(17-34)29(35)31-23-16-21(30)13-14-24(23)37-26-12-6-5-11-25(26)36-2/h3-6,8,10-14,16,20H,7,9,15,17-18H2,1-2H3,(H,31,35). The fourth-order valence-electron chi connectivity index (χ4n) is 4.60. The molecule has 3 aromatic carbocycles. The van der Waals surface area contributed by atoms with Crippen molar-refractivity contribution in [2.75, 3.05) is 25.5 Å². The van der Waals surface area contributed by atoms with E-state index in [0.29, 0.717) is 52.8 Å². The van der Waals surface area contributed by atoms with Gasteiger partial charge in [0.15, 0.2) is 17.2 Å². The molecule has 0 spiro atoms. The summed E-state index contributed by atoms with van der Waals surface area (Å²) in [7, 11) is 1.58. The van der Waals surface area contributed by atoms with Crippen molar-refractivity contribution in [2.45, 2.75) is 26.3 Å². The number of halogens is 1. The van der Waals surface area contributed by atoms with Crippen LogP contribution in [0.1, 0.15) is 24.3 Å². The van der Waals surface area contributed by atoms with Gasteiger partial charge in [-0.15, -0.1) is 0 Å². The highest BCUT2D eigenvalue weighted by Crippen LogP contribution is 2.36. The fourth-order valence-corrected chi connectivity index (χ4v) is 4.77. The number of carbonyl (C=O) groups is 1. The molecule has 1 fully saturated rings. The summed E-state index contributed by atoms with van der Waals surface area (Å²) in [6, 6.07) is 20.4. The Bertz CT molecular complexity index is 1420. The lowest BCUT2D eigenvalue weighted by Crippen LogP contribution is -2.40. The van der Waals surface area contributed by atoms with Crippen molar-refractivity contribution in [2.24, 2.45) is 5.92 Å². The Labute approximate surface area is 226 Å². The lowest BCUT2D eigenvalue weighted by molar-refractivity contribution is -0.121. The summed E-state index contributed by atoms with van der Waals surface area (Å²) in [4.78, 5) is 20.1. The Morgan fingerprint density at radius 2 is 1.89 bits per heavy atom. The molecule has 0 radical (unpaired) electrons. The number of ether oxygens (including phenoxy) is 2. The Hall–Kier alpha value is -3.88. The molecule has 1 amide bonds. The molecule has 196 valence electrons. The molecule has 1 aromatic heterocycles. The summed E-state index contributed by atoms with van der Waals surface area (Å²) in [5.74, 6) is 2.43. The van der Waals surface area contributed by atoms with Gasteiger partial charge in [0.2, 0.25) is 17.6 Å². The van der Waals surface area contributed by atoms with Crippen LogP contribution in [-0.2, 0) is 11.3 Å². The van der Waals surface area contributed by atoms with E-state index in [9.17, 15) is 4.79 Å². The SMILES string of the molecule is COc1ccccc1Oc1ccc(Cl)cc1NC(=O)C1CCCN(Cc2nc(-c3ccccc3C)no2)C1. The van der Waals surface area contributed by atoms with Crippen molar-refractivity contribution in [1.82, 2.24) is 15.0 Å². The molecule has 1 aliphatic heterocycles. The molecule has 1 saturated heterocycles. The molecule has 2 heterocycles. The van der Waals surface area contributed by atoms with E-state index in [1.54, 1.807) is 31.4 Å². The molecule has 4 aromatic rings. The van der Waals surface area contributed by atoms with E-state index in [1.807, 2.05) is 49.4 Å². The number of methoxy groups -OCH3 is 1. The quantitative estimate of drug-likeness (QED) is 0.283. The van der Waals surface area contributed by atoms with E-state index in [-0.39, 0.29) is 11.8 Å². The maximum atomic E-state index is 13.3. The highest BCUT2D eigenvalue weighted by atomic mass is 35.5. The second kappa shape index (κ2) is 11.7. The monoisotopic (exact) mass is 532 g/mol. The van der Waals surface area contributed by atoms with E-state index in [2.05, 4.69) is 20.4 Å². The number of benzene rings is 3. The second-order valence-electron chi connectivity index (χ2n) is 9.28. The number of rotatable bonds is 8.